The molecule has 132 valence electrons. The Morgan fingerprint density at radius 2 is 2.00 bits per heavy atom. The average molecular weight is 336 g/mol. The maximum Gasteiger partial charge on any atom is 0.142 e. The third kappa shape index (κ3) is 2.07. The van der Waals surface area contributed by atoms with Crippen LogP contribution in [-0.4, -0.2) is 35.9 Å². The number of likely N-dealkylation sites (N-methyl/N-ethyl adjacent to an activating group) is 1. The van der Waals surface area contributed by atoms with E-state index in [-0.39, 0.29) is 5.41 Å². The number of hydrogen-bond donors (Lipinski definition) is 1. The number of fused-ring (bicyclic) bond motifs is 3. The van der Waals surface area contributed by atoms with Crippen molar-refractivity contribution in [3.63, 3.8) is 0 Å². The monoisotopic (exact) mass is 336 g/mol. The van der Waals surface area contributed by atoms with Gasteiger partial charge in [-0.05, 0) is 44.0 Å². The Hall–Kier alpha value is -2.07. The molecule has 0 radical (unpaired) electrons. The van der Waals surface area contributed by atoms with Gasteiger partial charge in [0.1, 0.15) is 5.84 Å². The highest BCUT2D eigenvalue weighted by molar-refractivity contribution is 6.18. The van der Waals surface area contributed by atoms with Crippen LogP contribution in [0.4, 0.5) is 0 Å². The normalized spacial score (nSPS) is 22.8. The molecule has 2 aliphatic heterocycles. The second-order valence-electron chi connectivity index (χ2n) is 7.43. The van der Waals surface area contributed by atoms with E-state index in [1.807, 2.05) is 0 Å². The highest BCUT2D eigenvalue weighted by Gasteiger charge is 2.47. The van der Waals surface area contributed by atoms with Crippen LogP contribution in [0.25, 0.3) is 16.6 Å². The second-order valence-corrected chi connectivity index (χ2v) is 7.43. The van der Waals surface area contributed by atoms with Gasteiger partial charge in [-0.2, -0.15) is 0 Å². The number of aliphatic imine (C=N–C) groups is 1. The van der Waals surface area contributed by atoms with Crippen LogP contribution < -0.4 is 5.73 Å². The van der Waals surface area contributed by atoms with Crippen molar-refractivity contribution in [3.05, 3.63) is 41.6 Å². The van der Waals surface area contributed by atoms with Gasteiger partial charge in [0.05, 0.1) is 17.3 Å². The van der Waals surface area contributed by atoms with Gasteiger partial charge in [0.15, 0.2) is 0 Å². The maximum absolute atomic E-state index is 6.38. The standard InChI is InChI=1S/C21H28N4/c1-5-21(6-2)13-17(20(22)23-3)25-16-10-8-7-9-14(16)15-11-12-24(4)19(21)18(15)25/h7-10,13,19H,5-6,11-12H2,1-4H3,(H2,22,23)/t19-/m1/s1. The van der Waals surface area contributed by atoms with Gasteiger partial charge in [-0.1, -0.05) is 32.0 Å². The lowest BCUT2D eigenvalue weighted by atomic mass is 9.69. The van der Waals surface area contributed by atoms with Crippen LogP contribution in [0, 0.1) is 5.41 Å². The second kappa shape index (κ2) is 5.73. The van der Waals surface area contributed by atoms with E-state index in [4.69, 9.17) is 5.73 Å². The van der Waals surface area contributed by atoms with Crippen molar-refractivity contribution in [1.82, 2.24) is 9.47 Å². The Bertz CT molecular complexity index is 883. The van der Waals surface area contributed by atoms with E-state index in [0.29, 0.717) is 11.9 Å². The van der Waals surface area contributed by atoms with Crippen molar-refractivity contribution in [2.45, 2.75) is 39.2 Å². The van der Waals surface area contributed by atoms with E-state index >= 15 is 0 Å². The quantitative estimate of drug-likeness (QED) is 0.684. The Kier molecular flexibility index (Phi) is 3.76. The molecule has 3 heterocycles. The Balaban J connectivity index is 2.14. The molecule has 4 nitrogen and oxygen atoms in total. The first-order valence-electron chi connectivity index (χ1n) is 9.36. The summed E-state index contributed by atoms with van der Waals surface area (Å²) in [5, 5.41) is 1.37. The van der Waals surface area contributed by atoms with Crippen LogP contribution >= 0.6 is 0 Å². The van der Waals surface area contributed by atoms with Gasteiger partial charge in [-0.25, -0.2) is 0 Å². The Morgan fingerprint density at radius 1 is 1.28 bits per heavy atom. The van der Waals surface area contributed by atoms with Gasteiger partial charge in [0, 0.05) is 30.1 Å². The number of benzene rings is 1. The number of nitrogens with two attached hydrogens (primary N) is 1. The lowest BCUT2D eigenvalue weighted by molar-refractivity contribution is 0.0944. The number of nitrogens with zero attached hydrogens (tertiary/aromatic N) is 3. The van der Waals surface area contributed by atoms with E-state index in [1.54, 1.807) is 7.05 Å². The minimum absolute atomic E-state index is 0.0962. The van der Waals surface area contributed by atoms with Crippen molar-refractivity contribution < 1.29 is 0 Å². The summed E-state index contributed by atoms with van der Waals surface area (Å²) in [7, 11) is 4.05. The van der Waals surface area contributed by atoms with Crippen LogP contribution in [0.1, 0.15) is 44.0 Å². The third-order valence-electron chi connectivity index (χ3n) is 6.46. The van der Waals surface area contributed by atoms with Crippen molar-refractivity contribution >= 4 is 22.4 Å². The molecule has 0 saturated carbocycles. The fraction of sp³-hybridized carbons (Fsp3) is 0.476. The Labute approximate surface area is 150 Å². The molecule has 2 N–H and O–H groups in total. The molecule has 1 aromatic heterocycles. The van der Waals surface area contributed by atoms with E-state index in [2.05, 4.69) is 65.7 Å². The number of para-hydroxylation sites is 1. The fourth-order valence-corrected chi connectivity index (χ4v) is 5.03. The predicted molar refractivity (Wildman–Crippen MR) is 106 cm³/mol. The van der Waals surface area contributed by atoms with Crippen LogP contribution in [0.3, 0.4) is 0 Å². The third-order valence-corrected chi connectivity index (χ3v) is 6.46. The van der Waals surface area contributed by atoms with Gasteiger partial charge in [-0.15, -0.1) is 0 Å². The molecule has 4 heteroatoms. The highest BCUT2D eigenvalue weighted by atomic mass is 15.2. The molecule has 2 aliphatic rings. The topological polar surface area (TPSA) is 46.5 Å². The molecule has 2 aromatic rings. The van der Waals surface area contributed by atoms with Crippen LogP contribution in [0.15, 0.2) is 35.3 Å². The molecule has 0 aliphatic carbocycles. The lowest BCUT2D eigenvalue weighted by Gasteiger charge is -2.48. The Morgan fingerprint density at radius 3 is 2.68 bits per heavy atom. The summed E-state index contributed by atoms with van der Waals surface area (Å²) in [6.45, 7) is 5.71. The van der Waals surface area contributed by atoms with E-state index < -0.39 is 0 Å². The van der Waals surface area contributed by atoms with Crippen LogP contribution in [0.5, 0.6) is 0 Å². The number of aromatic nitrogens is 1. The minimum atomic E-state index is 0.0962. The molecule has 0 saturated heterocycles. The first-order chi connectivity index (χ1) is 12.1. The summed E-state index contributed by atoms with van der Waals surface area (Å²) < 4.78 is 2.39. The molecule has 1 aromatic carbocycles. The van der Waals surface area contributed by atoms with Crippen molar-refractivity contribution in [3.8, 4) is 0 Å². The van der Waals surface area contributed by atoms with Gasteiger partial charge in [0.2, 0.25) is 0 Å². The van der Waals surface area contributed by atoms with Gasteiger partial charge >= 0.3 is 0 Å². The molecule has 0 bridgehead atoms. The first-order valence-corrected chi connectivity index (χ1v) is 9.36. The predicted octanol–water partition coefficient (Wildman–Crippen LogP) is 3.82. The zero-order valence-electron chi connectivity index (χ0n) is 15.7. The largest absolute Gasteiger partial charge is 0.382 e. The molecule has 1 atom stereocenters. The maximum atomic E-state index is 6.38. The number of rotatable bonds is 3. The molecule has 4 rings (SSSR count). The zero-order valence-corrected chi connectivity index (χ0v) is 15.7. The summed E-state index contributed by atoms with van der Waals surface area (Å²) in [6, 6.07) is 9.13. The van der Waals surface area contributed by atoms with Crippen molar-refractivity contribution in [1.29, 1.82) is 0 Å². The van der Waals surface area contributed by atoms with Gasteiger partial charge < -0.3 is 10.3 Å². The van der Waals surface area contributed by atoms with Crippen LogP contribution in [0.2, 0.25) is 0 Å². The number of hydrogen-bond acceptors (Lipinski definition) is 2. The average Bonchev–Trinajstić information content (AvgIpc) is 2.99. The van der Waals surface area contributed by atoms with E-state index in [9.17, 15) is 0 Å². The van der Waals surface area contributed by atoms with E-state index in [1.165, 1.54) is 22.2 Å². The van der Waals surface area contributed by atoms with E-state index in [0.717, 1.165) is 31.5 Å². The summed E-state index contributed by atoms with van der Waals surface area (Å²) in [5.74, 6) is 0.626. The summed E-state index contributed by atoms with van der Waals surface area (Å²) >= 11 is 0. The summed E-state index contributed by atoms with van der Waals surface area (Å²) in [4.78, 5) is 6.88. The van der Waals surface area contributed by atoms with Gasteiger partial charge in [0.25, 0.3) is 0 Å². The van der Waals surface area contributed by atoms with Crippen LogP contribution in [-0.2, 0) is 6.42 Å². The van der Waals surface area contributed by atoms with Gasteiger partial charge in [-0.3, -0.25) is 9.89 Å². The van der Waals surface area contributed by atoms with Crippen molar-refractivity contribution in [2.75, 3.05) is 20.6 Å². The SMILES string of the molecule is CCC1(CC)C=C(C(N)=NC)n2c3c(c4ccccc42)CCN(C)[C@H]31. The summed E-state index contributed by atoms with van der Waals surface area (Å²) in [6.07, 6.45) is 5.70. The fourth-order valence-electron chi connectivity index (χ4n) is 5.03. The number of amidine groups is 1. The minimum Gasteiger partial charge on any atom is -0.382 e. The lowest BCUT2D eigenvalue weighted by Crippen LogP contribution is -2.46. The molecule has 0 spiro atoms. The molecule has 0 amide bonds. The van der Waals surface area contributed by atoms with Crippen molar-refractivity contribution in [2.24, 2.45) is 16.1 Å². The summed E-state index contributed by atoms with van der Waals surface area (Å²) in [5.41, 5.74) is 11.7. The smallest absolute Gasteiger partial charge is 0.142 e. The molecule has 0 fully saturated rings. The molecular formula is C21H28N4. The first kappa shape index (κ1) is 16.4. The molecule has 25 heavy (non-hydrogen) atoms. The zero-order chi connectivity index (χ0) is 17.8. The highest BCUT2D eigenvalue weighted by Crippen LogP contribution is 2.54. The molecule has 0 unspecified atom stereocenters. The molecular weight excluding hydrogens is 308 g/mol.